The molecule has 0 bridgehead atoms. The molecule has 1 heterocycles. The van der Waals surface area contributed by atoms with Gasteiger partial charge in [-0.2, -0.15) is 0 Å². The molecule has 0 fully saturated rings. The fraction of sp³-hybridized carbons (Fsp3) is 0.125. The Kier molecular flexibility index (Phi) is 3.32. The van der Waals surface area contributed by atoms with Crippen LogP contribution in [0.3, 0.4) is 0 Å². The molecule has 3 aromatic rings. The van der Waals surface area contributed by atoms with E-state index in [0.717, 1.165) is 15.9 Å². The zero-order valence-electron chi connectivity index (χ0n) is 11.4. The first kappa shape index (κ1) is 12.9. The van der Waals surface area contributed by atoms with Crippen molar-refractivity contribution in [3.8, 4) is 0 Å². The van der Waals surface area contributed by atoms with Crippen molar-refractivity contribution in [1.29, 1.82) is 0 Å². The molecular weight excluding hydrogens is 266 g/mol. The largest absolute Gasteiger partial charge is 0.368 e. The molecule has 2 aromatic carbocycles. The Morgan fingerprint density at radius 1 is 1.00 bits per heavy atom. The number of benzene rings is 2. The fourth-order valence-corrected chi connectivity index (χ4v) is 3.15. The number of nitrogens with two attached hydrogens (primary N) is 1. The quantitative estimate of drug-likeness (QED) is 0.722. The Bertz CT molecular complexity index is 784. The summed E-state index contributed by atoms with van der Waals surface area (Å²) in [6.07, 6.45) is 0. The van der Waals surface area contributed by atoms with Crippen molar-refractivity contribution in [3.63, 3.8) is 0 Å². The third-order valence-corrected chi connectivity index (χ3v) is 4.31. The molecular formula is C16H15N3S. The van der Waals surface area contributed by atoms with Gasteiger partial charge in [-0.1, -0.05) is 47.7 Å². The number of nitrogen functional groups attached to an aromatic ring is 1. The van der Waals surface area contributed by atoms with Gasteiger partial charge in [-0.3, -0.25) is 0 Å². The number of aryl methyl sites for hydroxylation is 2. The van der Waals surface area contributed by atoms with Gasteiger partial charge in [0.1, 0.15) is 5.03 Å². The highest BCUT2D eigenvalue weighted by molar-refractivity contribution is 7.99. The average molecular weight is 281 g/mol. The summed E-state index contributed by atoms with van der Waals surface area (Å²) in [7, 11) is 0. The zero-order chi connectivity index (χ0) is 14.1. The van der Waals surface area contributed by atoms with E-state index in [9.17, 15) is 0 Å². The minimum atomic E-state index is 0.316. The van der Waals surface area contributed by atoms with Gasteiger partial charge in [0, 0.05) is 10.3 Å². The van der Waals surface area contributed by atoms with Gasteiger partial charge in [-0.05, 0) is 31.5 Å². The van der Waals surface area contributed by atoms with E-state index >= 15 is 0 Å². The summed E-state index contributed by atoms with van der Waals surface area (Å²) in [6.45, 7) is 4.21. The first-order chi connectivity index (χ1) is 9.63. The van der Waals surface area contributed by atoms with Crippen LogP contribution in [0.25, 0.3) is 10.9 Å². The highest BCUT2D eigenvalue weighted by Gasteiger charge is 2.09. The monoisotopic (exact) mass is 281 g/mol. The number of anilines is 1. The lowest BCUT2D eigenvalue weighted by atomic mass is 10.2. The third kappa shape index (κ3) is 2.47. The van der Waals surface area contributed by atoms with Crippen molar-refractivity contribution in [2.45, 2.75) is 23.8 Å². The highest BCUT2D eigenvalue weighted by Crippen LogP contribution is 2.33. The van der Waals surface area contributed by atoms with Crippen LogP contribution < -0.4 is 5.73 Å². The minimum absolute atomic E-state index is 0.316. The standard InChI is InChI=1S/C16H15N3S/c1-10-7-8-14(11(2)9-10)20-15-12-5-3-4-6-13(12)18-16(17)19-15/h3-9H,1-2H3,(H2,17,18,19). The van der Waals surface area contributed by atoms with Crippen molar-refractivity contribution in [1.82, 2.24) is 9.97 Å². The van der Waals surface area contributed by atoms with Crippen LogP contribution >= 0.6 is 11.8 Å². The molecule has 20 heavy (non-hydrogen) atoms. The predicted molar refractivity (Wildman–Crippen MR) is 84.0 cm³/mol. The van der Waals surface area contributed by atoms with Crippen LogP contribution in [0, 0.1) is 13.8 Å². The average Bonchev–Trinajstić information content (AvgIpc) is 2.41. The highest BCUT2D eigenvalue weighted by atomic mass is 32.2. The molecule has 0 atom stereocenters. The summed E-state index contributed by atoms with van der Waals surface area (Å²) in [4.78, 5) is 9.85. The molecule has 0 saturated carbocycles. The molecule has 0 aliphatic heterocycles. The van der Waals surface area contributed by atoms with Gasteiger partial charge < -0.3 is 5.73 Å². The Hall–Kier alpha value is -2.07. The van der Waals surface area contributed by atoms with Gasteiger partial charge in [0.15, 0.2) is 0 Å². The number of fused-ring (bicyclic) bond motifs is 1. The molecule has 0 saturated heterocycles. The predicted octanol–water partition coefficient (Wildman–Crippen LogP) is 3.98. The lowest BCUT2D eigenvalue weighted by Crippen LogP contribution is -1.97. The molecule has 100 valence electrons. The second-order valence-electron chi connectivity index (χ2n) is 4.78. The van der Waals surface area contributed by atoms with Crippen LogP contribution in [-0.2, 0) is 0 Å². The maximum absolute atomic E-state index is 5.80. The van der Waals surface area contributed by atoms with Crippen LogP contribution in [0.15, 0.2) is 52.4 Å². The number of rotatable bonds is 2. The van der Waals surface area contributed by atoms with Crippen LogP contribution in [0.1, 0.15) is 11.1 Å². The van der Waals surface area contributed by atoms with E-state index < -0.39 is 0 Å². The Morgan fingerprint density at radius 2 is 1.80 bits per heavy atom. The lowest BCUT2D eigenvalue weighted by molar-refractivity contribution is 1.11. The Morgan fingerprint density at radius 3 is 2.60 bits per heavy atom. The van der Waals surface area contributed by atoms with Crippen molar-refractivity contribution in [3.05, 3.63) is 53.6 Å². The van der Waals surface area contributed by atoms with E-state index in [1.807, 2.05) is 24.3 Å². The fourth-order valence-electron chi connectivity index (χ4n) is 2.16. The number of nitrogens with zero attached hydrogens (tertiary/aromatic N) is 2. The van der Waals surface area contributed by atoms with E-state index in [4.69, 9.17) is 5.73 Å². The minimum Gasteiger partial charge on any atom is -0.368 e. The zero-order valence-corrected chi connectivity index (χ0v) is 12.2. The smallest absolute Gasteiger partial charge is 0.221 e. The van der Waals surface area contributed by atoms with Crippen molar-refractivity contribution < 1.29 is 0 Å². The maximum atomic E-state index is 5.80. The van der Waals surface area contributed by atoms with Gasteiger partial charge in [0.05, 0.1) is 5.52 Å². The van der Waals surface area contributed by atoms with E-state index in [0.29, 0.717) is 5.95 Å². The molecule has 1 aromatic heterocycles. The molecule has 3 nitrogen and oxygen atoms in total. The summed E-state index contributed by atoms with van der Waals surface area (Å²) in [5.41, 5.74) is 9.20. The van der Waals surface area contributed by atoms with Crippen LogP contribution in [0.2, 0.25) is 0 Å². The molecule has 4 heteroatoms. The number of aromatic nitrogens is 2. The summed E-state index contributed by atoms with van der Waals surface area (Å²) in [5.74, 6) is 0.316. The maximum Gasteiger partial charge on any atom is 0.221 e. The summed E-state index contributed by atoms with van der Waals surface area (Å²) < 4.78 is 0. The van der Waals surface area contributed by atoms with Crippen molar-refractivity contribution >= 4 is 28.6 Å². The van der Waals surface area contributed by atoms with E-state index in [1.165, 1.54) is 16.0 Å². The molecule has 0 radical (unpaired) electrons. The van der Waals surface area contributed by atoms with Crippen molar-refractivity contribution in [2.24, 2.45) is 0 Å². The number of hydrogen-bond donors (Lipinski definition) is 1. The Balaban J connectivity index is 2.10. The number of para-hydroxylation sites is 1. The molecule has 0 unspecified atom stereocenters. The van der Waals surface area contributed by atoms with Crippen LogP contribution in [0.5, 0.6) is 0 Å². The number of hydrogen-bond acceptors (Lipinski definition) is 4. The molecule has 0 aliphatic carbocycles. The van der Waals surface area contributed by atoms with Gasteiger partial charge in [0.2, 0.25) is 5.95 Å². The first-order valence-corrected chi connectivity index (χ1v) is 7.22. The third-order valence-electron chi connectivity index (χ3n) is 3.12. The van der Waals surface area contributed by atoms with Crippen molar-refractivity contribution in [2.75, 3.05) is 5.73 Å². The van der Waals surface area contributed by atoms with E-state index in [1.54, 1.807) is 11.8 Å². The SMILES string of the molecule is Cc1ccc(Sc2nc(N)nc3ccccc23)c(C)c1. The molecule has 0 spiro atoms. The molecule has 0 amide bonds. The topological polar surface area (TPSA) is 51.8 Å². The Labute approximate surface area is 122 Å². The molecule has 3 rings (SSSR count). The second-order valence-corrected chi connectivity index (χ2v) is 5.81. The summed E-state index contributed by atoms with van der Waals surface area (Å²) >= 11 is 1.64. The first-order valence-electron chi connectivity index (χ1n) is 6.41. The summed E-state index contributed by atoms with van der Waals surface area (Å²) in [5, 5.41) is 1.94. The second kappa shape index (κ2) is 5.13. The lowest BCUT2D eigenvalue weighted by Gasteiger charge is -2.09. The normalized spacial score (nSPS) is 10.9. The van der Waals surface area contributed by atoms with Crippen LogP contribution in [-0.4, -0.2) is 9.97 Å². The van der Waals surface area contributed by atoms with E-state index in [-0.39, 0.29) is 0 Å². The van der Waals surface area contributed by atoms with Gasteiger partial charge in [0.25, 0.3) is 0 Å². The summed E-state index contributed by atoms with van der Waals surface area (Å²) in [6, 6.07) is 14.4. The van der Waals surface area contributed by atoms with Gasteiger partial charge in [-0.15, -0.1) is 0 Å². The van der Waals surface area contributed by atoms with E-state index in [2.05, 4.69) is 42.0 Å². The van der Waals surface area contributed by atoms with Gasteiger partial charge in [-0.25, -0.2) is 9.97 Å². The van der Waals surface area contributed by atoms with Crippen LogP contribution in [0.4, 0.5) is 5.95 Å². The van der Waals surface area contributed by atoms with Gasteiger partial charge >= 0.3 is 0 Å². The molecule has 2 N–H and O–H groups in total. The molecule has 0 aliphatic rings.